The second-order valence-corrected chi connectivity index (χ2v) is 5.41. The topological polar surface area (TPSA) is 85.8 Å². The molecule has 0 bridgehead atoms. The highest BCUT2D eigenvalue weighted by molar-refractivity contribution is 6.42. The van der Waals surface area contributed by atoms with E-state index >= 15 is 0 Å². The van der Waals surface area contributed by atoms with Gasteiger partial charge in [-0.3, -0.25) is 9.59 Å². The zero-order valence-electron chi connectivity index (χ0n) is 11.5. The third-order valence-electron chi connectivity index (χ3n) is 2.98. The molecule has 0 saturated heterocycles. The van der Waals surface area contributed by atoms with E-state index < -0.39 is 17.5 Å². The van der Waals surface area contributed by atoms with Crippen LogP contribution in [0.1, 0.15) is 27.7 Å². The summed E-state index contributed by atoms with van der Waals surface area (Å²) in [5, 5.41) is 12.3. The minimum Gasteiger partial charge on any atom is -0.332 e. The molecule has 0 unspecified atom stereocenters. The van der Waals surface area contributed by atoms with Crippen LogP contribution in [-0.2, 0) is 0 Å². The lowest BCUT2D eigenvalue weighted by molar-refractivity contribution is 0.0943. The number of pyridine rings is 1. The van der Waals surface area contributed by atoms with E-state index in [-0.39, 0.29) is 10.6 Å². The van der Waals surface area contributed by atoms with Crippen LogP contribution in [0.4, 0.5) is 0 Å². The number of rotatable bonds is 3. The third kappa shape index (κ3) is 3.48. The lowest BCUT2D eigenvalue weighted by Gasteiger charge is -2.12. The Morgan fingerprint density at radius 3 is 2.59 bits per heavy atom. The second kappa shape index (κ2) is 6.65. The van der Waals surface area contributed by atoms with Gasteiger partial charge in [0.2, 0.25) is 0 Å². The van der Waals surface area contributed by atoms with Gasteiger partial charge in [-0.15, -0.1) is 0 Å². The predicted molar refractivity (Wildman–Crippen MR) is 84.1 cm³/mol. The van der Waals surface area contributed by atoms with E-state index in [2.05, 4.69) is 10.3 Å². The van der Waals surface area contributed by atoms with Crippen molar-refractivity contribution in [1.82, 2.24) is 10.3 Å². The van der Waals surface area contributed by atoms with Crippen LogP contribution in [-0.4, -0.2) is 10.9 Å². The van der Waals surface area contributed by atoms with E-state index in [0.717, 1.165) is 0 Å². The van der Waals surface area contributed by atoms with Gasteiger partial charge in [-0.25, -0.2) is 0 Å². The third-order valence-corrected chi connectivity index (χ3v) is 3.72. The predicted octanol–water partition coefficient (Wildman–Crippen LogP) is 2.98. The van der Waals surface area contributed by atoms with Gasteiger partial charge in [-0.1, -0.05) is 29.3 Å². The second-order valence-electron chi connectivity index (χ2n) is 4.59. The molecule has 1 atom stereocenters. The molecule has 2 aromatic rings. The molecule has 1 aromatic heterocycles. The largest absolute Gasteiger partial charge is 0.332 e. The standard InChI is InChI=1S/C15H11Cl2N3O2/c1-8-2-4-10(14(21)19-8)15(22)20-13(7-18)9-3-5-11(16)12(17)6-9/h2-6,13H,1H3,(H,19,21)(H,20,22)/t13-/m0/s1. The number of hydrogen-bond acceptors (Lipinski definition) is 3. The van der Waals surface area contributed by atoms with Crippen molar-refractivity contribution in [2.24, 2.45) is 0 Å². The van der Waals surface area contributed by atoms with E-state index in [1.54, 1.807) is 19.1 Å². The normalized spacial score (nSPS) is 11.5. The molecule has 7 heteroatoms. The molecule has 2 N–H and O–H groups in total. The summed E-state index contributed by atoms with van der Waals surface area (Å²) in [6, 6.07) is 8.65. The highest BCUT2D eigenvalue weighted by Crippen LogP contribution is 2.25. The summed E-state index contributed by atoms with van der Waals surface area (Å²) < 4.78 is 0. The minimum absolute atomic E-state index is 0.0640. The number of aromatic nitrogens is 1. The average Bonchev–Trinajstić information content (AvgIpc) is 2.47. The highest BCUT2D eigenvalue weighted by Gasteiger charge is 2.18. The first-order chi connectivity index (χ1) is 10.4. The van der Waals surface area contributed by atoms with Gasteiger partial charge in [0, 0.05) is 5.69 Å². The van der Waals surface area contributed by atoms with Gasteiger partial charge >= 0.3 is 0 Å². The number of nitrogens with one attached hydrogen (secondary N) is 2. The molecular formula is C15H11Cl2N3O2. The summed E-state index contributed by atoms with van der Waals surface area (Å²) in [5.41, 5.74) is 0.547. The number of benzene rings is 1. The molecule has 2 rings (SSSR count). The summed E-state index contributed by atoms with van der Waals surface area (Å²) >= 11 is 11.7. The van der Waals surface area contributed by atoms with E-state index in [0.29, 0.717) is 16.3 Å². The molecular weight excluding hydrogens is 325 g/mol. The summed E-state index contributed by atoms with van der Waals surface area (Å²) in [5.74, 6) is -0.640. The SMILES string of the molecule is Cc1ccc(C(=O)N[C@@H](C#N)c2ccc(Cl)c(Cl)c2)c(=O)[nH]1. The van der Waals surface area contributed by atoms with Crippen LogP contribution >= 0.6 is 23.2 Å². The Labute approximate surface area is 136 Å². The van der Waals surface area contributed by atoms with Crippen molar-refractivity contribution in [3.05, 3.63) is 67.6 Å². The zero-order valence-corrected chi connectivity index (χ0v) is 13.0. The molecule has 0 saturated carbocycles. The van der Waals surface area contributed by atoms with Crippen LogP contribution in [0.5, 0.6) is 0 Å². The van der Waals surface area contributed by atoms with Crippen molar-refractivity contribution in [2.45, 2.75) is 13.0 Å². The molecule has 1 amide bonds. The molecule has 0 aliphatic carbocycles. The fourth-order valence-electron chi connectivity index (χ4n) is 1.84. The van der Waals surface area contributed by atoms with Gasteiger partial charge in [-0.2, -0.15) is 5.26 Å². The Bertz CT molecular complexity index is 824. The minimum atomic E-state index is -0.942. The Hall–Kier alpha value is -2.29. The summed E-state index contributed by atoms with van der Waals surface area (Å²) in [6.07, 6.45) is 0. The number of halogens is 2. The van der Waals surface area contributed by atoms with Crippen molar-refractivity contribution in [3.8, 4) is 6.07 Å². The van der Waals surface area contributed by atoms with Gasteiger partial charge in [0.1, 0.15) is 11.6 Å². The summed E-state index contributed by atoms with van der Waals surface area (Å²) in [7, 11) is 0. The van der Waals surface area contributed by atoms with Crippen molar-refractivity contribution in [3.63, 3.8) is 0 Å². The molecule has 5 nitrogen and oxygen atoms in total. The maximum absolute atomic E-state index is 12.1. The number of nitriles is 1. The van der Waals surface area contributed by atoms with Crippen LogP contribution in [0.2, 0.25) is 10.0 Å². The smallest absolute Gasteiger partial charge is 0.260 e. The van der Waals surface area contributed by atoms with Gasteiger partial charge in [-0.05, 0) is 36.8 Å². The molecule has 0 aliphatic rings. The maximum Gasteiger partial charge on any atom is 0.260 e. The van der Waals surface area contributed by atoms with Crippen LogP contribution in [0.25, 0.3) is 0 Å². The Morgan fingerprint density at radius 1 is 1.27 bits per heavy atom. The fraction of sp³-hybridized carbons (Fsp3) is 0.133. The molecule has 1 aromatic carbocycles. The number of amides is 1. The molecule has 0 spiro atoms. The van der Waals surface area contributed by atoms with Crippen LogP contribution in [0.3, 0.4) is 0 Å². The van der Waals surface area contributed by atoms with Gasteiger partial charge < -0.3 is 10.3 Å². The van der Waals surface area contributed by atoms with Crippen LogP contribution in [0, 0.1) is 18.3 Å². The first kappa shape index (κ1) is 16.1. The number of nitrogens with zero attached hydrogens (tertiary/aromatic N) is 1. The average molecular weight is 336 g/mol. The van der Waals surface area contributed by atoms with Crippen molar-refractivity contribution < 1.29 is 4.79 Å². The maximum atomic E-state index is 12.1. The van der Waals surface area contributed by atoms with E-state index in [4.69, 9.17) is 23.2 Å². The zero-order chi connectivity index (χ0) is 16.3. The Kier molecular flexibility index (Phi) is 4.86. The number of carbonyl (C=O) groups excluding carboxylic acids is 1. The molecule has 0 radical (unpaired) electrons. The quantitative estimate of drug-likeness (QED) is 0.903. The lowest BCUT2D eigenvalue weighted by Crippen LogP contribution is -2.32. The first-order valence-corrected chi connectivity index (χ1v) is 7.03. The summed E-state index contributed by atoms with van der Waals surface area (Å²) in [6.45, 7) is 1.71. The molecule has 1 heterocycles. The highest BCUT2D eigenvalue weighted by atomic mass is 35.5. The van der Waals surface area contributed by atoms with Crippen molar-refractivity contribution in [2.75, 3.05) is 0 Å². The molecule has 112 valence electrons. The van der Waals surface area contributed by atoms with E-state index in [1.807, 2.05) is 6.07 Å². The number of hydrogen-bond donors (Lipinski definition) is 2. The van der Waals surface area contributed by atoms with Crippen molar-refractivity contribution in [1.29, 1.82) is 5.26 Å². The van der Waals surface area contributed by atoms with Crippen LogP contribution < -0.4 is 10.9 Å². The summed E-state index contributed by atoms with van der Waals surface area (Å²) in [4.78, 5) is 26.4. The number of aromatic amines is 1. The number of aryl methyl sites for hydroxylation is 1. The Balaban J connectivity index is 2.26. The van der Waals surface area contributed by atoms with E-state index in [1.165, 1.54) is 18.2 Å². The van der Waals surface area contributed by atoms with Crippen LogP contribution in [0.15, 0.2) is 35.1 Å². The lowest BCUT2D eigenvalue weighted by atomic mass is 10.1. The number of H-pyrrole nitrogens is 1. The Morgan fingerprint density at radius 2 is 2.00 bits per heavy atom. The molecule has 22 heavy (non-hydrogen) atoms. The first-order valence-electron chi connectivity index (χ1n) is 6.27. The molecule has 0 fully saturated rings. The van der Waals surface area contributed by atoms with E-state index in [9.17, 15) is 14.9 Å². The number of carbonyl (C=O) groups is 1. The fourth-order valence-corrected chi connectivity index (χ4v) is 2.15. The van der Waals surface area contributed by atoms with Gasteiger partial charge in [0.05, 0.1) is 16.1 Å². The van der Waals surface area contributed by atoms with Crippen molar-refractivity contribution >= 4 is 29.1 Å². The van der Waals surface area contributed by atoms with Gasteiger partial charge in [0.15, 0.2) is 0 Å². The van der Waals surface area contributed by atoms with Gasteiger partial charge in [0.25, 0.3) is 11.5 Å². The molecule has 0 aliphatic heterocycles. The monoisotopic (exact) mass is 335 g/mol.